The summed E-state index contributed by atoms with van der Waals surface area (Å²) in [4.78, 5) is 0.230. The van der Waals surface area contributed by atoms with Crippen molar-refractivity contribution in [2.75, 3.05) is 0 Å². The summed E-state index contributed by atoms with van der Waals surface area (Å²) in [7, 11) is -3.69. The zero-order valence-electron chi connectivity index (χ0n) is 13.8. The molecule has 0 aromatic heterocycles. The summed E-state index contributed by atoms with van der Waals surface area (Å²) in [5, 5.41) is 10.5. The molecule has 0 saturated carbocycles. The van der Waals surface area contributed by atoms with E-state index in [2.05, 4.69) is 4.72 Å². The van der Waals surface area contributed by atoms with Gasteiger partial charge in [-0.25, -0.2) is 13.1 Å². The molecule has 24 heavy (non-hydrogen) atoms. The van der Waals surface area contributed by atoms with Crippen molar-refractivity contribution in [1.82, 2.24) is 4.72 Å². The summed E-state index contributed by atoms with van der Waals surface area (Å²) in [5.74, 6) is 0. The van der Waals surface area contributed by atoms with Crippen LogP contribution in [0.4, 0.5) is 0 Å². The number of hydrogen-bond donors (Lipinski definition) is 2. The van der Waals surface area contributed by atoms with Crippen molar-refractivity contribution < 1.29 is 13.5 Å². The molecule has 0 unspecified atom stereocenters. The van der Waals surface area contributed by atoms with Crippen molar-refractivity contribution in [2.24, 2.45) is 0 Å². The van der Waals surface area contributed by atoms with Crippen LogP contribution in [-0.2, 0) is 22.9 Å². The number of nitrogens with one attached hydrogen (secondary N) is 1. The SMILES string of the molecule is CCc1ccc(S(=O)(=O)N[C@@H]2c3ccccc3CCC[C@H]2O)cc1. The van der Waals surface area contributed by atoms with Crippen molar-refractivity contribution in [1.29, 1.82) is 0 Å². The van der Waals surface area contributed by atoms with Crippen LogP contribution < -0.4 is 4.72 Å². The first-order valence-electron chi connectivity index (χ1n) is 8.38. The first-order valence-corrected chi connectivity index (χ1v) is 9.86. The Morgan fingerprint density at radius 3 is 2.54 bits per heavy atom. The second kappa shape index (κ2) is 7.05. The molecule has 1 aliphatic rings. The van der Waals surface area contributed by atoms with Crippen LogP contribution in [0.3, 0.4) is 0 Å². The minimum atomic E-state index is -3.69. The van der Waals surface area contributed by atoms with Crippen molar-refractivity contribution in [2.45, 2.75) is 49.6 Å². The number of sulfonamides is 1. The van der Waals surface area contributed by atoms with Crippen LogP contribution in [0.2, 0.25) is 0 Å². The maximum absolute atomic E-state index is 12.7. The highest BCUT2D eigenvalue weighted by Gasteiger charge is 2.30. The lowest BCUT2D eigenvalue weighted by Gasteiger charge is -2.24. The topological polar surface area (TPSA) is 66.4 Å². The van der Waals surface area contributed by atoms with Gasteiger partial charge in [-0.05, 0) is 54.5 Å². The Morgan fingerprint density at radius 2 is 1.83 bits per heavy atom. The molecule has 128 valence electrons. The lowest BCUT2D eigenvalue weighted by Crippen LogP contribution is -2.36. The molecule has 2 N–H and O–H groups in total. The van der Waals surface area contributed by atoms with E-state index in [0.717, 1.165) is 36.0 Å². The van der Waals surface area contributed by atoms with Crippen LogP contribution in [0, 0.1) is 0 Å². The van der Waals surface area contributed by atoms with Gasteiger partial charge in [0.15, 0.2) is 0 Å². The summed E-state index contributed by atoms with van der Waals surface area (Å²) in [6.07, 6.45) is 2.43. The van der Waals surface area contributed by atoms with Crippen LogP contribution in [0.5, 0.6) is 0 Å². The smallest absolute Gasteiger partial charge is 0.241 e. The molecular formula is C19H23NO3S. The van der Waals surface area contributed by atoms with Crippen LogP contribution in [0.1, 0.15) is 42.5 Å². The van der Waals surface area contributed by atoms with Gasteiger partial charge in [0.1, 0.15) is 0 Å². The molecule has 1 aliphatic carbocycles. The van der Waals surface area contributed by atoms with Gasteiger partial charge in [0.25, 0.3) is 0 Å². The molecule has 0 spiro atoms. The Morgan fingerprint density at radius 1 is 1.12 bits per heavy atom. The lowest BCUT2D eigenvalue weighted by atomic mass is 9.99. The normalized spacial score (nSPS) is 21.1. The molecule has 0 saturated heterocycles. The predicted octanol–water partition coefficient (Wildman–Crippen LogP) is 2.97. The molecular weight excluding hydrogens is 322 g/mol. The van der Waals surface area contributed by atoms with Gasteiger partial charge in [-0.15, -0.1) is 0 Å². The maximum atomic E-state index is 12.7. The van der Waals surface area contributed by atoms with E-state index in [-0.39, 0.29) is 4.90 Å². The molecule has 5 heteroatoms. The summed E-state index contributed by atoms with van der Waals surface area (Å²) in [5.41, 5.74) is 3.06. The Kier molecular flexibility index (Phi) is 5.04. The highest BCUT2D eigenvalue weighted by molar-refractivity contribution is 7.89. The number of hydrogen-bond acceptors (Lipinski definition) is 3. The minimum Gasteiger partial charge on any atom is -0.391 e. The molecule has 0 bridgehead atoms. The quantitative estimate of drug-likeness (QED) is 0.837. The third kappa shape index (κ3) is 3.53. The fourth-order valence-corrected chi connectivity index (χ4v) is 4.47. The molecule has 4 nitrogen and oxygen atoms in total. The minimum absolute atomic E-state index is 0.230. The highest BCUT2D eigenvalue weighted by Crippen LogP contribution is 2.30. The average Bonchev–Trinajstić information content (AvgIpc) is 2.74. The molecule has 0 heterocycles. The molecule has 3 rings (SSSR count). The molecule has 2 atom stereocenters. The van der Waals surface area contributed by atoms with E-state index in [1.165, 1.54) is 0 Å². The van der Waals surface area contributed by atoms with Crippen molar-refractivity contribution in [3.8, 4) is 0 Å². The third-order valence-corrected chi connectivity index (χ3v) is 6.10. The van der Waals surface area contributed by atoms with Crippen molar-refractivity contribution in [3.05, 3.63) is 65.2 Å². The van der Waals surface area contributed by atoms with Crippen LogP contribution in [-0.4, -0.2) is 19.6 Å². The molecule has 0 amide bonds. The van der Waals surface area contributed by atoms with Crippen LogP contribution in [0.25, 0.3) is 0 Å². The van der Waals surface area contributed by atoms with Crippen LogP contribution >= 0.6 is 0 Å². The standard InChI is InChI=1S/C19H23NO3S/c1-2-14-10-12-16(13-11-14)24(22,23)20-19-17-8-4-3-6-15(17)7-5-9-18(19)21/h3-4,6,8,10-13,18-21H,2,5,7,9H2,1H3/t18-,19-/m1/s1. The monoisotopic (exact) mass is 345 g/mol. The van der Waals surface area contributed by atoms with E-state index >= 15 is 0 Å². The number of aliphatic hydroxyl groups is 1. The number of benzene rings is 2. The Hall–Kier alpha value is -1.69. The molecule has 0 fully saturated rings. The number of aryl methyl sites for hydroxylation is 2. The second-order valence-corrected chi connectivity index (χ2v) is 7.97. The van der Waals surface area contributed by atoms with Crippen molar-refractivity contribution >= 4 is 10.0 Å². The largest absolute Gasteiger partial charge is 0.391 e. The Bertz CT molecular complexity index is 800. The number of aliphatic hydroxyl groups excluding tert-OH is 1. The van der Waals surface area contributed by atoms with E-state index in [9.17, 15) is 13.5 Å². The first kappa shape index (κ1) is 17.1. The molecule has 0 aliphatic heterocycles. The first-order chi connectivity index (χ1) is 11.5. The van der Waals surface area contributed by atoms with Gasteiger partial charge in [-0.1, -0.05) is 43.3 Å². The molecule has 2 aromatic carbocycles. The molecule has 2 aromatic rings. The van der Waals surface area contributed by atoms with Gasteiger partial charge in [-0.3, -0.25) is 0 Å². The van der Waals surface area contributed by atoms with Gasteiger partial charge >= 0.3 is 0 Å². The summed E-state index contributed by atoms with van der Waals surface area (Å²) in [6.45, 7) is 2.03. The van der Waals surface area contributed by atoms with E-state index < -0.39 is 22.2 Å². The van der Waals surface area contributed by atoms with Gasteiger partial charge < -0.3 is 5.11 Å². The Labute approximate surface area is 143 Å². The zero-order valence-corrected chi connectivity index (χ0v) is 14.6. The number of fused-ring (bicyclic) bond motifs is 1. The van der Waals surface area contributed by atoms with Gasteiger partial charge in [0.2, 0.25) is 10.0 Å². The highest BCUT2D eigenvalue weighted by atomic mass is 32.2. The van der Waals surface area contributed by atoms with E-state index in [1.54, 1.807) is 12.1 Å². The fourth-order valence-electron chi connectivity index (χ4n) is 3.22. The van der Waals surface area contributed by atoms with E-state index in [1.807, 2.05) is 43.3 Å². The average molecular weight is 345 g/mol. The fraction of sp³-hybridized carbons (Fsp3) is 0.368. The summed E-state index contributed by atoms with van der Waals surface area (Å²) in [6, 6.07) is 14.0. The lowest BCUT2D eigenvalue weighted by molar-refractivity contribution is 0.129. The van der Waals surface area contributed by atoms with E-state index in [0.29, 0.717) is 6.42 Å². The summed E-state index contributed by atoms with van der Waals surface area (Å²) >= 11 is 0. The molecule has 0 radical (unpaired) electrons. The van der Waals surface area contributed by atoms with Gasteiger partial charge in [0, 0.05) is 0 Å². The second-order valence-electron chi connectivity index (χ2n) is 6.25. The number of rotatable bonds is 4. The van der Waals surface area contributed by atoms with Crippen LogP contribution in [0.15, 0.2) is 53.4 Å². The predicted molar refractivity (Wildman–Crippen MR) is 94.3 cm³/mol. The van der Waals surface area contributed by atoms with Gasteiger partial charge in [-0.2, -0.15) is 0 Å². The maximum Gasteiger partial charge on any atom is 0.241 e. The zero-order chi connectivity index (χ0) is 17.2. The van der Waals surface area contributed by atoms with Crippen molar-refractivity contribution in [3.63, 3.8) is 0 Å². The van der Waals surface area contributed by atoms with E-state index in [4.69, 9.17) is 0 Å². The van der Waals surface area contributed by atoms with Gasteiger partial charge in [0.05, 0.1) is 17.0 Å². The summed E-state index contributed by atoms with van der Waals surface area (Å²) < 4.78 is 28.2. The third-order valence-electron chi connectivity index (χ3n) is 4.64. The Balaban J connectivity index is 1.92.